The topological polar surface area (TPSA) is 70.2 Å². The van der Waals surface area contributed by atoms with E-state index in [-0.39, 0.29) is 5.75 Å². The highest BCUT2D eigenvalue weighted by molar-refractivity contribution is 7.90. The number of aromatic nitrogens is 1. The monoisotopic (exact) mass is 231 g/mol. The van der Waals surface area contributed by atoms with Crippen LogP contribution >= 0.6 is 0 Å². The number of aliphatic hydroxyl groups excluding tert-OH is 1. The van der Waals surface area contributed by atoms with Gasteiger partial charge < -0.3 is 10.1 Å². The fourth-order valence-corrected chi connectivity index (χ4v) is 2.32. The van der Waals surface area contributed by atoms with Crippen LogP contribution in [0.25, 0.3) is 0 Å². The van der Waals surface area contributed by atoms with E-state index in [4.69, 9.17) is 0 Å². The number of aromatic amines is 1. The number of hydrogen-bond acceptors (Lipinski definition) is 3. The molecule has 2 N–H and O–H groups in total. The van der Waals surface area contributed by atoms with Gasteiger partial charge in [0.1, 0.15) is 15.9 Å². The molecule has 0 aromatic carbocycles. The standard InChI is InChI=1S/C10H17NO3S/c1-6-7(2)10(11-8(6)3)9(12)5-15(4,13)14/h9,11-12H,5H2,1-4H3. The third kappa shape index (κ3) is 2.82. The highest BCUT2D eigenvalue weighted by Crippen LogP contribution is 2.23. The maximum atomic E-state index is 11.0. The normalized spacial score (nSPS) is 14.2. The molecule has 1 heterocycles. The minimum Gasteiger partial charge on any atom is -0.386 e. The van der Waals surface area contributed by atoms with E-state index in [0.717, 1.165) is 23.1 Å². The second-order valence-electron chi connectivity index (χ2n) is 4.02. The van der Waals surface area contributed by atoms with Crippen LogP contribution in [-0.4, -0.2) is 30.5 Å². The fourth-order valence-electron chi connectivity index (χ4n) is 1.58. The quantitative estimate of drug-likeness (QED) is 0.816. The van der Waals surface area contributed by atoms with Crippen molar-refractivity contribution in [3.05, 3.63) is 22.5 Å². The number of hydrogen-bond donors (Lipinski definition) is 2. The lowest BCUT2D eigenvalue weighted by atomic mass is 10.1. The Morgan fingerprint density at radius 3 is 2.13 bits per heavy atom. The van der Waals surface area contributed by atoms with Gasteiger partial charge in [-0.05, 0) is 31.9 Å². The van der Waals surface area contributed by atoms with E-state index >= 15 is 0 Å². The fraction of sp³-hybridized carbons (Fsp3) is 0.600. The van der Waals surface area contributed by atoms with Crippen LogP contribution in [0.1, 0.15) is 28.6 Å². The second-order valence-corrected chi connectivity index (χ2v) is 6.21. The van der Waals surface area contributed by atoms with Crippen LogP contribution in [0.3, 0.4) is 0 Å². The zero-order chi connectivity index (χ0) is 11.8. The van der Waals surface area contributed by atoms with Gasteiger partial charge in [-0.2, -0.15) is 0 Å². The summed E-state index contributed by atoms with van der Waals surface area (Å²) in [6.07, 6.45) is 0.154. The van der Waals surface area contributed by atoms with Gasteiger partial charge in [-0.15, -0.1) is 0 Å². The number of nitrogens with one attached hydrogen (secondary N) is 1. The molecule has 1 aromatic rings. The lowest BCUT2D eigenvalue weighted by molar-refractivity contribution is 0.196. The molecule has 1 aromatic heterocycles. The van der Waals surface area contributed by atoms with Gasteiger partial charge in [0.15, 0.2) is 0 Å². The van der Waals surface area contributed by atoms with Crippen LogP contribution in [0.2, 0.25) is 0 Å². The molecule has 0 spiro atoms. The molecule has 1 unspecified atom stereocenters. The van der Waals surface area contributed by atoms with E-state index in [1.54, 1.807) is 0 Å². The van der Waals surface area contributed by atoms with Gasteiger partial charge in [0, 0.05) is 17.6 Å². The number of aliphatic hydroxyl groups is 1. The average molecular weight is 231 g/mol. The SMILES string of the molecule is Cc1[nH]c(C(O)CS(C)(=O)=O)c(C)c1C. The summed E-state index contributed by atoms with van der Waals surface area (Å²) < 4.78 is 22.1. The molecule has 1 atom stereocenters. The van der Waals surface area contributed by atoms with Crippen LogP contribution in [0.15, 0.2) is 0 Å². The van der Waals surface area contributed by atoms with Crippen LogP contribution in [0, 0.1) is 20.8 Å². The van der Waals surface area contributed by atoms with Crippen molar-refractivity contribution in [2.75, 3.05) is 12.0 Å². The molecular formula is C10H17NO3S. The molecule has 0 saturated heterocycles. The van der Waals surface area contributed by atoms with Crippen LogP contribution in [-0.2, 0) is 9.84 Å². The molecule has 0 saturated carbocycles. The van der Waals surface area contributed by atoms with Crippen molar-refractivity contribution < 1.29 is 13.5 Å². The summed E-state index contributed by atoms with van der Waals surface area (Å²) in [4.78, 5) is 3.02. The van der Waals surface area contributed by atoms with Crippen molar-refractivity contribution >= 4 is 9.84 Å². The Kier molecular flexibility index (Phi) is 3.25. The first-order valence-corrected chi connectivity index (χ1v) is 6.80. The molecule has 0 aliphatic heterocycles. The van der Waals surface area contributed by atoms with E-state index in [2.05, 4.69) is 4.98 Å². The summed E-state index contributed by atoms with van der Waals surface area (Å²) >= 11 is 0. The van der Waals surface area contributed by atoms with Crippen molar-refractivity contribution in [2.45, 2.75) is 26.9 Å². The molecule has 0 radical (unpaired) electrons. The van der Waals surface area contributed by atoms with Gasteiger partial charge in [-0.1, -0.05) is 0 Å². The molecule has 86 valence electrons. The number of aryl methyl sites for hydroxylation is 1. The van der Waals surface area contributed by atoms with Gasteiger partial charge in [0.2, 0.25) is 0 Å². The van der Waals surface area contributed by atoms with Crippen molar-refractivity contribution in [1.29, 1.82) is 0 Å². The second kappa shape index (κ2) is 3.98. The summed E-state index contributed by atoms with van der Waals surface area (Å²) in [6.45, 7) is 5.72. The third-order valence-corrected chi connectivity index (χ3v) is 3.57. The van der Waals surface area contributed by atoms with Crippen molar-refractivity contribution in [2.24, 2.45) is 0 Å². The summed E-state index contributed by atoms with van der Waals surface area (Å²) in [5, 5.41) is 9.76. The van der Waals surface area contributed by atoms with E-state index < -0.39 is 15.9 Å². The Balaban J connectivity index is 3.02. The molecule has 0 amide bonds. The first-order valence-electron chi connectivity index (χ1n) is 4.74. The Morgan fingerprint density at radius 1 is 1.27 bits per heavy atom. The predicted molar refractivity (Wildman–Crippen MR) is 59.7 cm³/mol. The number of sulfone groups is 1. The molecule has 0 aliphatic rings. The van der Waals surface area contributed by atoms with Gasteiger partial charge in [0.05, 0.1) is 5.75 Å². The molecule has 15 heavy (non-hydrogen) atoms. The average Bonchev–Trinajstić information content (AvgIpc) is 2.30. The van der Waals surface area contributed by atoms with Crippen molar-refractivity contribution in [3.8, 4) is 0 Å². The molecular weight excluding hydrogens is 214 g/mol. The molecule has 0 bridgehead atoms. The molecule has 0 fully saturated rings. The van der Waals surface area contributed by atoms with E-state index in [0.29, 0.717) is 5.69 Å². The minimum atomic E-state index is -3.16. The summed E-state index contributed by atoms with van der Waals surface area (Å²) in [7, 11) is -3.16. The maximum absolute atomic E-state index is 11.0. The van der Waals surface area contributed by atoms with Gasteiger partial charge in [-0.25, -0.2) is 8.42 Å². The Bertz CT molecular complexity index is 459. The highest BCUT2D eigenvalue weighted by atomic mass is 32.2. The van der Waals surface area contributed by atoms with Crippen LogP contribution in [0.5, 0.6) is 0 Å². The number of rotatable bonds is 3. The first kappa shape index (κ1) is 12.3. The predicted octanol–water partition coefficient (Wildman–Crippen LogP) is 1.02. The summed E-state index contributed by atoms with van der Waals surface area (Å²) in [6, 6.07) is 0. The molecule has 1 rings (SSSR count). The Hall–Kier alpha value is -0.810. The van der Waals surface area contributed by atoms with Crippen LogP contribution < -0.4 is 0 Å². The van der Waals surface area contributed by atoms with E-state index in [9.17, 15) is 13.5 Å². The van der Waals surface area contributed by atoms with E-state index in [1.807, 2.05) is 20.8 Å². The molecule has 4 nitrogen and oxygen atoms in total. The van der Waals surface area contributed by atoms with Crippen molar-refractivity contribution in [1.82, 2.24) is 4.98 Å². The maximum Gasteiger partial charge on any atom is 0.150 e. The lowest BCUT2D eigenvalue weighted by Crippen LogP contribution is -2.13. The summed E-state index contributed by atoms with van der Waals surface area (Å²) in [5.74, 6) is -0.243. The lowest BCUT2D eigenvalue weighted by Gasteiger charge is -2.08. The minimum absolute atomic E-state index is 0.243. The first-order chi connectivity index (χ1) is 6.72. The van der Waals surface area contributed by atoms with Gasteiger partial charge >= 0.3 is 0 Å². The number of H-pyrrole nitrogens is 1. The molecule has 0 aliphatic carbocycles. The van der Waals surface area contributed by atoms with Crippen LogP contribution in [0.4, 0.5) is 0 Å². The molecule has 5 heteroatoms. The Morgan fingerprint density at radius 2 is 1.80 bits per heavy atom. The van der Waals surface area contributed by atoms with E-state index in [1.165, 1.54) is 0 Å². The van der Waals surface area contributed by atoms with Gasteiger partial charge in [0.25, 0.3) is 0 Å². The largest absolute Gasteiger partial charge is 0.386 e. The highest BCUT2D eigenvalue weighted by Gasteiger charge is 2.19. The smallest absolute Gasteiger partial charge is 0.150 e. The zero-order valence-corrected chi connectivity index (χ0v) is 10.3. The Labute approximate surface area is 90.2 Å². The summed E-state index contributed by atoms with van der Waals surface area (Å²) in [5.41, 5.74) is 3.58. The third-order valence-electron chi connectivity index (χ3n) is 2.65. The zero-order valence-electron chi connectivity index (χ0n) is 9.46. The van der Waals surface area contributed by atoms with Crippen molar-refractivity contribution in [3.63, 3.8) is 0 Å². The van der Waals surface area contributed by atoms with Gasteiger partial charge in [-0.3, -0.25) is 0 Å².